The lowest BCUT2D eigenvalue weighted by Crippen LogP contribution is -2.46. The Morgan fingerprint density at radius 2 is 1.90 bits per heavy atom. The first kappa shape index (κ1) is 20.8. The molecule has 3 rings (SSSR count). The van der Waals surface area contributed by atoms with Crippen molar-refractivity contribution in [1.29, 1.82) is 0 Å². The fourth-order valence-electron chi connectivity index (χ4n) is 2.77. The smallest absolute Gasteiger partial charge is 0.342 e. The number of hydrogen-bond acceptors (Lipinski definition) is 5. The molecule has 1 atom stereocenters. The number of ether oxygens (including phenoxy) is 1. The SMILES string of the molecule is C[C@H](OC(=O)c1cn(Cc2ccccc2)nc1-c1cccs1)C(=O)NC(C)(C)C. The van der Waals surface area contributed by atoms with Gasteiger partial charge in [0.15, 0.2) is 6.10 Å². The molecule has 0 saturated heterocycles. The fraction of sp³-hybridized carbons (Fsp3) is 0.318. The van der Waals surface area contributed by atoms with E-state index in [1.807, 2.05) is 68.6 Å². The number of carbonyl (C=O) groups is 2. The van der Waals surface area contributed by atoms with Crippen molar-refractivity contribution in [2.75, 3.05) is 0 Å². The van der Waals surface area contributed by atoms with Gasteiger partial charge in [-0.3, -0.25) is 9.48 Å². The molecule has 152 valence electrons. The van der Waals surface area contributed by atoms with Crippen molar-refractivity contribution in [2.45, 2.75) is 45.9 Å². The minimum Gasteiger partial charge on any atom is -0.449 e. The third kappa shape index (κ3) is 5.54. The molecule has 0 aliphatic carbocycles. The molecule has 2 heterocycles. The maximum atomic E-state index is 12.9. The second-order valence-corrected chi connectivity index (χ2v) is 8.79. The Balaban J connectivity index is 1.83. The maximum Gasteiger partial charge on any atom is 0.342 e. The second-order valence-electron chi connectivity index (χ2n) is 7.84. The minimum absolute atomic E-state index is 0.333. The first-order valence-corrected chi connectivity index (χ1v) is 10.3. The number of nitrogens with zero attached hydrogens (tertiary/aromatic N) is 2. The Labute approximate surface area is 174 Å². The van der Waals surface area contributed by atoms with Crippen molar-refractivity contribution in [3.05, 3.63) is 65.2 Å². The summed E-state index contributed by atoms with van der Waals surface area (Å²) in [6, 6.07) is 13.7. The number of aromatic nitrogens is 2. The topological polar surface area (TPSA) is 73.2 Å². The molecule has 29 heavy (non-hydrogen) atoms. The third-order valence-corrected chi connectivity index (χ3v) is 4.95. The minimum atomic E-state index is -0.907. The average molecular weight is 412 g/mol. The summed E-state index contributed by atoms with van der Waals surface area (Å²) in [4.78, 5) is 26.0. The summed E-state index contributed by atoms with van der Waals surface area (Å²) in [6.45, 7) is 7.73. The molecule has 0 spiro atoms. The molecule has 0 aliphatic heterocycles. The second kappa shape index (κ2) is 8.61. The van der Waals surface area contributed by atoms with Crippen LogP contribution >= 0.6 is 11.3 Å². The molecule has 0 fully saturated rings. The highest BCUT2D eigenvalue weighted by Crippen LogP contribution is 2.27. The van der Waals surface area contributed by atoms with Gasteiger partial charge in [0, 0.05) is 11.7 Å². The number of thiophene rings is 1. The summed E-state index contributed by atoms with van der Waals surface area (Å²) in [5, 5.41) is 9.36. The molecule has 0 aliphatic rings. The number of nitrogens with one attached hydrogen (secondary N) is 1. The highest BCUT2D eigenvalue weighted by molar-refractivity contribution is 7.13. The van der Waals surface area contributed by atoms with Gasteiger partial charge in [-0.1, -0.05) is 36.4 Å². The third-order valence-electron chi connectivity index (χ3n) is 4.07. The van der Waals surface area contributed by atoms with Crippen LogP contribution in [-0.4, -0.2) is 33.3 Å². The van der Waals surface area contributed by atoms with Crippen LogP contribution in [0.3, 0.4) is 0 Å². The van der Waals surface area contributed by atoms with Crippen LogP contribution in [0, 0.1) is 0 Å². The van der Waals surface area contributed by atoms with Crippen molar-refractivity contribution in [2.24, 2.45) is 0 Å². The van der Waals surface area contributed by atoms with E-state index in [1.54, 1.807) is 17.8 Å². The predicted octanol–water partition coefficient (Wildman–Crippen LogP) is 4.12. The van der Waals surface area contributed by atoms with Gasteiger partial charge >= 0.3 is 5.97 Å². The number of rotatable bonds is 6. The van der Waals surface area contributed by atoms with E-state index in [0.717, 1.165) is 10.4 Å². The Kier molecular flexibility index (Phi) is 6.17. The van der Waals surface area contributed by atoms with Gasteiger partial charge in [0.1, 0.15) is 11.3 Å². The van der Waals surface area contributed by atoms with E-state index in [4.69, 9.17) is 4.74 Å². The summed E-state index contributed by atoms with van der Waals surface area (Å²) < 4.78 is 7.17. The van der Waals surface area contributed by atoms with Crippen LogP contribution in [-0.2, 0) is 16.1 Å². The number of amides is 1. The van der Waals surface area contributed by atoms with Crippen molar-refractivity contribution in [1.82, 2.24) is 15.1 Å². The summed E-state index contributed by atoms with van der Waals surface area (Å²) in [7, 11) is 0. The molecule has 1 aromatic carbocycles. The maximum absolute atomic E-state index is 12.9. The molecule has 2 aromatic heterocycles. The van der Waals surface area contributed by atoms with Gasteiger partial charge in [0.2, 0.25) is 0 Å². The van der Waals surface area contributed by atoms with Crippen LogP contribution in [0.4, 0.5) is 0 Å². The van der Waals surface area contributed by atoms with Gasteiger partial charge in [-0.05, 0) is 44.7 Å². The summed E-state index contributed by atoms with van der Waals surface area (Å²) >= 11 is 1.50. The Morgan fingerprint density at radius 1 is 1.17 bits per heavy atom. The molecule has 3 aromatic rings. The number of esters is 1. The van der Waals surface area contributed by atoms with E-state index in [0.29, 0.717) is 17.8 Å². The largest absolute Gasteiger partial charge is 0.449 e. The lowest BCUT2D eigenvalue weighted by Gasteiger charge is -2.23. The first-order chi connectivity index (χ1) is 13.7. The van der Waals surface area contributed by atoms with Crippen molar-refractivity contribution in [3.63, 3.8) is 0 Å². The highest BCUT2D eigenvalue weighted by atomic mass is 32.1. The average Bonchev–Trinajstić information content (AvgIpc) is 3.30. The van der Waals surface area contributed by atoms with Crippen molar-refractivity contribution >= 4 is 23.2 Å². The quantitative estimate of drug-likeness (QED) is 0.619. The van der Waals surface area contributed by atoms with Gasteiger partial charge in [-0.25, -0.2) is 4.79 Å². The van der Waals surface area contributed by atoms with E-state index < -0.39 is 17.6 Å². The molecule has 1 N–H and O–H groups in total. The van der Waals surface area contributed by atoms with Crippen molar-refractivity contribution in [3.8, 4) is 10.6 Å². The van der Waals surface area contributed by atoms with Crippen molar-refractivity contribution < 1.29 is 14.3 Å². The normalized spacial score (nSPS) is 12.4. The van der Waals surface area contributed by atoms with Gasteiger partial charge in [0.05, 0.1) is 11.4 Å². The lowest BCUT2D eigenvalue weighted by atomic mass is 10.1. The monoisotopic (exact) mass is 411 g/mol. The van der Waals surface area contributed by atoms with Crippen LogP contribution in [0.25, 0.3) is 10.6 Å². The van der Waals surface area contributed by atoms with E-state index in [9.17, 15) is 9.59 Å². The molecule has 0 unspecified atom stereocenters. The number of carbonyl (C=O) groups excluding carboxylic acids is 2. The molecule has 1 amide bonds. The van der Waals surface area contributed by atoms with Gasteiger partial charge in [-0.15, -0.1) is 11.3 Å². The van der Waals surface area contributed by atoms with E-state index >= 15 is 0 Å². The summed E-state index contributed by atoms with van der Waals surface area (Å²) in [5.74, 6) is -0.899. The number of benzene rings is 1. The van der Waals surface area contributed by atoms with E-state index in [-0.39, 0.29) is 5.91 Å². The van der Waals surface area contributed by atoms with Crippen LogP contribution in [0.1, 0.15) is 43.6 Å². The molecular formula is C22H25N3O3S. The van der Waals surface area contributed by atoms with Gasteiger partial charge in [-0.2, -0.15) is 5.10 Å². The van der Waals surface area contributed by atoms with E-state index in [2.05, 4.69) is 10.4 Å². The predicted molar refractivity (Wildman–Crippen MR) is 114 cm³/mol. The molecule has 0 saturated carbocycles. The molecule has 6 nitrogen and oxygen atoms in total. The number of hydrogen-bond donors (Lipinski definition) is 1. The summed E-state index contributed by atoms with van der Waals surface area (Å²) in [6.07, 6.45) is 0.772. The first-order valence-electron chi connectivity index (χ1n) is 9.41. The lowest BCUT2D eigenvalue weighted by molar-refractivity contribution is -0.130. The Hall–Kier alpha value is -2.93. The summed E-state index contributed by atoms with van der Waals surface area (Å²) in [5.41, 5.74) is 1.58. The Bertz CT molecular complexity index is 973. The zero-order valence-electron chi connectivity index (χ0n) is 17.0. The zero-order valence-corrected chi connectivity index (χ0v) is 17.8. The molecule has 0 radical (unpaired) electrons. The highest BCUT2D eigenvalue weighted by Gasteiger charge is 2.26. The Morgan fingerprint density at radius 3 is 2.52 bits per heavy atom. The van der Waals surface area contributed by atoms with Gasteiger partial charge < -0.3 is 10.1 Å². The molecular weight excluding hydrogens is 386 g/mol. The van der Waals surface area contributed by atoms with Crippen LogP contribution in [0.15, 0.2) is 54.0 Å². The molecule has 7 heteroatoms. The van der Waals surface area contributed by atoms with Gasteiger partial charge in [0.25, 0.3) is 5.91 Å². The zero-order chi connectivity index (χ0) is 21.0. The van der Waals surface area contributed by atoms with Crippen LogP contribution in [0.2, 0.25) is 0 Å². The van der Waals surface area contributed by atoms with Crippen LogP contribution in [0.5, 0.6) is 0 Å². The van der Waals surface area contributed by atoms with E-state index in [1.165, 1.54) is 11.3 Å². The fourth-order valence-corrected chi connectivity index (χ4v) is 3.49. The van der Waals surface area contributed by atoms with Crippen LogP contribution < -0.4 is 5.32 Å². The standard InChI is InChI=1S/C22H25N3O3S/c1-15(20(26)23-22(2,3)4)28-21(27)17-14-25(13-16-9-6-5-7-10-16)24-19(17)18-11-8-12-29-18/h5-12,14-15H,13H2,1-4H3,(H,23,26)/t15-/m0/s1. The molecule has 0 bridgehead atoms.